The summed E-state index contributed by atoms with van der Waals surface area (Å²) in [6.45, 7) is 8.44. The van der Waals surface area contributed by atoms with E-state index in [1.54, 1.807) is 13.2 Å². The highest BCUT2D eigenvalue weighted by atomic mass is 16.6. The van der Waals surface area contributed by atoms with E-state index in [4.69, 9.17) is 18.9 Å². The van der Waals surface area contributed by atoms with Gasteiger partial charge in [0, 0.05) is 13.2 Å². The normalized spacial score (nSPS) is 18.9. The van der Waals surface area contributed by atoms with Crippen molar-refractivity contribution >= 4 is 12.1 Å². The molecule has 1 aliphatic rings. The standard InChI is InChI=1S/C24H37NO6/c1-16-18(14-20(30-12-11-28-5)15-21(16)22(26)29-6)13-17-7-9-19(10-8-17)25-23(27)31-24(2,3)4/h14-15,17,19H,7-13H2,1-6H3,(H,25,27). The number of carbonyl (C=O) groups excluding carboxylic acids is 2. The summed E-state index contributed by atoms with van der Waals surface area (Å²) in [5.74, 6) is 0.773. The molecule has 0 aromatic heterocycles. The third kappa shape index (κ3) is 8.05. The van der Waals surface area contributed by atoms with Gasteiger partial charge in [-0.1, -0.05) is 0 Å². The zero-order valence-electron chi connectivity index (χ0n) is 19.7. The highest BCUT2D eigenvalue weighted by Gasteiger charge is 2.26. The molecule has 7 nitrogen and oxygen atoms in total. The first-order valence-corrected chi connectivity index (χ1v) is 11.0. The van der Waals surface area contributed by atoms with Gasteiger partial charge in [0.05, 0.1) is 19.3 Å². The van der Waals surface area contributed by atoms with Crippen LogP contribution >= 0.6 is 0 Å². The molecule has 31 heavy (non-hydrogen) atoms. The van der Waals surface area contributed by atoms with E-state index in [0.717, 1.165) is 43.2 Å². The Morgan fingerprint density at radius 1 is 1.06 bits per heavy atom. The van der Waals surface area contributed by atoms with E-state index in [1.165, 1.54) is 7.11 Å². The van der Waals surface area contributed by atoms with Crippen LogP contribution in [0, 0.1) is 12.8 Å². The summed E-state index contributed by atoms with van der Waals surface area (Å²) in [5, 5.41) is 2.99. The maximum Gasteiger partial charge on any atom is 0.407 e. The Hall–Kier alpha value is -2.28. The number of hydrogen-bond donors (Lipinski definition) is 1. The molecule has 0 saturated heterocycles. The second-order valence-electron chi connectivity index (χ2n) is 9.16. The van der Waals surface area contributed by atoms with Gasteiger partial charge in [-0.05, 0) is 89.0 Å². The highest BCUT2D eigenvalue weighted by molar-refractivity contribution is 5.91. The van der Waals surface area contributed by atoms with Crippen LogP contribution in [-0.2, 0) is 20.6 Å². The second kappa shape index (κ2) is 11.4. The van der Waals surface area contributed by atoms with Gasteiger partial charge < -0.3 is 24.3 Å². The quantitative estimate of drug-likeness (QED) is 0.480. The van der Waals surface area contributed by atoms with Gasteiger partial charge in [-0.2, -0.15) is 0 Å². The van der Waals surface area contributed by atoms with Gasteiger partial charge in [0.25, 0.3) is 0 Å². The molecular weight excluding hydrogens is 398 g/mol. The number of alkyl carbamates (subject to hydrolysis) is 1. The van der Waals surface area contributed by atoms with Crippen LogP contribution in [0.2, 0.25) is 0 Å². The first-order valence-electron chi connectivity index (χ1n) is 11.0. The third-order valence-corrected chi connectivity index (χ3v) is 5.53. The number of ether oxygens (including phenoxy) is 4. The van der Waals surface area contributed by atoms with E-state index in [9.17, 15) is 9.59 Å². The van der Waals surface area contributed by atoms with E-state index in [2.05, 4.69) is 5.32 Å². The van der Waals surface area contributed by atoms with Crippen molar-refractivity contribution in [3.8, 4) is 5.75 Å². The van der Waals surface area contributed by atoms with Crippen molar-refractivity contribution in [2.75, 3.05) is 27.4 Å². The number of nitrogens with one attached hydrogen (secondary N) is 1. The number of amides is 1. The Bertz CT molecular complexity index is 747. The Labute approximate surface area is 185 Å². The molecule has 0 spiro atoms. The molecule has 1 amide bonds. The molecule has 1 aromatic carbocycles. The Morgan fingerprint density at radius 2 is 1.74 bits per heavy atom. The number of benzene rings is 1. The average Bonchev–Trinajstić information content (AvgIpc) is 2.69. The van der Waals surface area contributed by atoms with Crippen molar-refractivity contribution in [2.45, 2.75) is 71.4 Å². The Morgan fingerprint density at radius 3 is 2.32 bits per heavy atom. The lowest BCUT2D eigenvalue weighted by Crippen LogP contribution is -2.41. The van der Waals surface area contributed by atoms with Gasteiger partial charge in [0.2, 0.25) is 0 Å². The van der Waals surface area contributed by atoms with Gasteiger partial charge in [-0.15, -0.1) is 0 Å². The SMILES string of the molecule is COCCOc1cc(CC2CCC(NC(=O)OC(C)(C)C)CC2)c(C)c(C(=O)OC)c1. The maximum absolute atomic E-state index is 12.3. The lowest BCUT2D eigenvalue weighted by Gasteiger charge is -2.30. The molecule has 0 bridgehead atoms. The zero-order valence-corrected chi connectivity index (χ0v) is 19.7. The lowest BCUT2D eigenvalue weighted by atomic mass is 9.81. The van der Waals surface area contributed by atoms with Crippen LogP contribution in [0.1, 0.15) is 67.9 Å². The molecule has 1 fully saturated rings. The fourth-order valence-electron chi connectivity index (χ4n) is 3.90. The molecule has 0 aliphatic heterocycles. The van der Waals surface area contributed by atoms with Crippen LogP contribution in [0.15, 0.2) is 12.1 Å². The molecule has 1 N–H and O–H groups in total. The molecule has 1 aliphatic carbocycles. The van der Waals surface area contributed by atoms with Gasteiger partial charge >= 0.3 is 12.1 Å². The van der Waals surface area contributed by atoms with Crippen LogP contribution in [0.25, 0.3) is 0 Å². The molecule has 1 saturated carbocycles. The van der Waals surface area contributed by atoms with Gasteiger partial charge in [-0.25, -0.2) is 9.59 Å². The largest absolute Gasteiger partial charge is 0.491 e. The van der Waals surface area contributed by atoms with Gasteiger partial charge in [0.1, 0.15) is 18.0 Å². The predicted molar refractivity (Wildman–Crippen MR) is 119 cm³/mol. The highest BCUT2D eigenvalue weighted by Crippen LogP contribution is 2.31. The van der Waals surface area contributed by atoms with E-state index in [-0.39, 0.29) is 18.1 Å². The Balaban J connectivity index is 2.01. The number of rotatable bonds is 8. The van der Waals surface area contributed by atoms with Crippen LogP contribution in [0.5, 0.6) is 5.75 Å². The van der Waals surface area contributed by atoms with Crippen molar-refractivity contribution < 1.29 is 28.5 Å². The molecule has 0 unspecified atom stereocenters. The van der Waals surface area contributed by atoms with Crippen molar-refractivity contribution in [1.82, 2.24) is 5.32 Å². The molecule has 7 heteroatoms. The average molecular weight is 436 g/mol. The Kier molecular flexibility index (Phi) is 9.16. The predicted octanol–water partition coefficient (Wildman–Crippen LogP) is 4.43. The van der Waals surface area contributed by atoms with Crippen LogP contribution in [0.4, 0.5) is 4.79 Å². The van der Waals surface area contributed by atoms with Crippen molar-refractivity contribution in [3.63, 3.8) is 0 Å². The molecule has 2 rings (SSSR count). The van der Waals surface area contributed by atoms with Crippen LogP contribution in [-0.4, -0.2) is 51.1 Å². The second-order valence-corrected chi connectivity index (χ2v) is 9.16. The summed E-state index contributed by atoms with van der Waals surface area (Å²) in [6, 6.07) is 3.89. The monoisotopic (exact) mass is 435 g/mol. The van der Waals surface area contributed by atoms with Crippen LogP contribution in [0.3, 0.4) is 0 Å². The third-order valence-electron chi connectivity index (χ3n) is 5.53. The molecule has 0 heterocycles. The van der Waals surface area contributed by atoms with E-state index in [1.807, 2.05) is 33.8 Å². The van der Waals surface area contributed by atoms with E-state index in [0.29, 0.717) is 30.4 Å². The summed E-state index contributed by atoms with van der Waals surface area (Å²) < 4.78 is 21.1. The maximum atomic E-state index is 12.3. The number of hydrogen-bond acceptors (Lipinski definition) is 6. The van der Waals surface area contributed by atoms with E-state index < -0.39 is 5.60 Å². The minimum Gasteiger partial charge on any atom is -0.491 e. The number of esters is 1. The summed E-state index contributed by atoms with van der Waals surface area (Å²) >= 11 is 0. The van der Waals surface area contributed by atoms with Crippen molar-refractivity contribution in [3.05, 3.63) is 28.8 Å². The molecule has 0 atom stereocenters. The zero-order chi connectivity index (χ0) is 23.0. The van der Waals surface area contributed by atoms with Crippen molar-refractivity contribution in [2.24, 2.45) is 5.92 Å². The molecule has 1 aromatic rings. The van der Waals surface area contributed by atoms with Crippen molar-refractivity contribution in [1.29, 1.82) is 0 Å². The first kappa shape index (κ1) is 25.0. The first-order chi connectivity index (χ1) is 14.6. The molecule has 0 radical (unpaired) electrons. The molecule has 174 valence electrons. The minimum atomic E-state index is -0.494. The fraction of sp³-hybridized carbons (Fsp3) is 0.667. The van der Waals surface area contributed by atoms with E-state index >= 15 is 0 Å². The van der Waals surface area contributed by atoms with Crippen LogP contribution < -0.4 is 10.1 Å². The summed E-state index contributed by atoms with van der Waals surface area (Å²) in [6.07, 6.45) is 4.34. The van der Waals surface area contributed by atoms with Gasteiger partial charge in [-0.3, -0.25) is 0 Å². The summed E-state index contributed by atoms with van der Waals surface area (Å²) in [4.78, 5) is 24.3. The van der Waals surface area contributed by atoms with Gasteiger partial charge in [0.15, 0.2) is 0 Å². The topological polar surface area (TPSA) is 83.1 Å². The summed E-state index contributed by atoms with van der Waals surface area (Å²) in [7, 11) is 3.01. The summed E-state index contributed by atoms with van der Waals surface area (Å²) in [5.41, 5.74) is 2.07. The smallest absolute Gasteiger partial charge is 0.407 e. The number of methoxy groups -OCH3 is 2. The number of carbonyl (C=O) groups is 2. The molecular formula is C24H37NO6. The fourth-order valence-corrected chi connectivity index (χ4v) is 3.90. The minimum absolute atomic E-state index is 0.140. The lowest BCUT2D eigenvalue weighted by molar-refractivity contribution is 0.0486.